The normalized spacial score (nSPS) is 12.3. The molecule has 1 N–H and O–H groups in total. The molecule has 1 aromatic heterocycles. The van der Waals surface area contributed by atoms with Crippen LogP contribution < -0.4 is 14.8 Å². The van der Waals surface area contributed by atoms with Gasteiger partial charge in [-0.05, 0) is 42.0 Å². The quantitative estimate of drug-likeness (QED) is 0.542. The molecule has 6 heteroatoms. The summed E-state index contributed by atoms with van der Waals surface area (Å²) in [7, 11) is 0. The predicted molar refractivity (Wildman–Crippen MR) is 110 cm³/mol. The van der Waals surface area contributed by atoms with Gasteiger partial charge in [-0.2, -0.15) is 0 Å². The molecule has 1 amide bonds. The number of aromatic nitrogens is 1. The number of anilines is 1. The lowest BCUT2D eigenvalue weighted by Crippen LogP contribution is -2.14. The Balaban J connectivity index is 1.32. The first-order valence-corrected chi connectivity index (χ1v) is 9.71. The van der Waals surface area contributed by atoms with Gasteiger partial charge in [-0.3, -0.25) is 4.79 Å². The van der Waals surface area contributed by atoms with Crippen molar-refractivity contribution in [3.05, 3.63) is 72.3 Å². The van der Waals surface area contributed by atoms with E-state index in [1.165, 1.54) is 0 Å². The minimum Gasteiger partial charge on any atom is -0.454 e. The summed E-state index contributed by atoms with van der Waals surface area (Å²) in [6.45, 7) is 0.226. The Bertz CT molecular complexity index is 1150. The monoisotopic (exact) mass is 388 g/mol. The van der Waals surface area contributed by atoms with E-state index < -0.39 is 0 Å². The summed E-state index contributed by atoms with van der Waals surface area (Å²) in [6.07, 6.45) is 0.266. The lowest BCUT2D eigenvalue weighted by molar-refractivity contribution is -0.115. The number of nitrogens with zero attached hydrogens (tertiary/aromatic N) is 1. The summed E-state index contributed by atoms with van der Waals surface area (Å²) in [5.74, 6) is 1.32. The molecular formula is C22H16N2O3S. The number of carbonyl (C=O) groups excluding carboxylic acids is 1. The Kier molecular flexibility index (Phi) is 4.18. The lowest BCUT2D eigenvalue weighted by atomic mass is 10.1. The number of para-hydroxylation sites is 1. The maximum atomic E-state index is 12.5. The van der Waals surface area contributed by atoms with Crippen LogP contribution >= 0.6 is 11.3 Å². The molecule has 0 atom stereocenters. The van der Waals surface area contributed by atoms with E-state index in [9.17, 15) is 4.79 Å². The summed E-state index contributed by atoms with van der Waals surface area (Å²) >= 11 is 1.64. The van der Waals surface area contributed by atoms with Gasteiger partial charge in [-0.25, -0.2) is 4.98 Å². The van der Waals surface area contributed by atoms with Crippen LogP contribution in [0, 0.1) is 0 Å². The standard InChI is InChI=1S/C22H16N2O3S/c25-21(11-14-8-9-18-19(10-14)27-13-26-18)23-16-5-3-4-15(12-16)22-24-17-6-1-2-7-20(17)28-22/h1-10,12H,11,13H2,(H,23,25). The summed E-state index contributed by atoms with van der Waals surface area (Å²) in [5.41, 5.74) is 3.61. The van der Waals surface area contributed by atoms with Gasteiger partial charge < -0.3 is 14.8 Å². The lowest BCUT2D eigenvalue weighted by Gasteiger charge is -2.07. The van der Waals surface area contributed by atoms with E-state index in [1.807, 2.05) is 60.7 Å². The number of nitrogens with one attached hydrogen (secondary N) is 1. The third kappa shape index (κ3) is 3.30. The van der Waals surface area contributed by atoms with Crippen LogP contribution in [0.3, 0.4) is 0 Å². The van der Waals surface area contributed by atoms with E-state index in [-0.39, 0.29) is 19.1 Å². The molecule has 5 nitrogen and oxygen atoms in total. The third-order valence-electron chi connectivity index (χ3n) is 4.49. The first-order valence-electron chi connectivity index (χ1n) is 8.89. The third-order valence-corrected chi connectivity index (χ3v) is 5.57. The number of amides is 1. The van der Waals surface area contributed by atoms with E-state index in [2.05, 4.69) is 16.4 Å². The highest BCUT2D eigenvalue weighted by molar-refractivity contribution is 7.21. The van der Waals surface area contributed by atoms with E-state index >= 15 is 0 Å². The molecule has 2 heterocycles. The van der Waals surface area contributed by atoms with Crippen molar-refractivity contribution >= 4 is 33.1 Å². The molecule has 0 radical (unpaired) electrons. The van der Waals surface area contributed by atoms with Gasteiger partial charge in [-0.15, -0.1) is 11.3 Å². The molecular weight excluding hydrogens is 372 g/mol. The number of rotatable bonds is 4. The predicted octanol–water partition coefficient (Wildman–Crippen LogP) is 4.87. The summed E-state index contributed by atoms with van der Waals surface area (Å²) < 4.78 is 11.8. The number of carbonyl (C=O) groups is 1. The van der Waals surface area contributed by atoms with E-state index in [1.54, 1.807) is 11.3 Å². The number of fused-ring (bicyclic) bond motifs is 2. The van der Waals surface area contributed by atoms with Crippen LogP contribution in [-0.4, -0.2) is 17.7 Å². The van der Waals surface area contributed by atoms with Crippen molar-refractivity contribution in [2.45, 2.75) is 6.42 Å². The molecule has 4 aromatic rings. The van der Waals surface area contributed by atoms with E-state index in [0.717, 1.165) is 32.0 Å². The second kappa shape index (κ2) is 6.98. The Hall–Kier alpha value is -3.38. The van der Waals surface area contributed by atoms with Gasteiger partial charge in [-0.1, -0.05) is 30.3 Å². The van der Waals surface area contributed by atoms with Gasteiger partial charge in [0.25, 0.3) is 0 Å². The maximum absolute atomic E-state index is 12.5. The average molecular weight is 388 g/mol. The van der Waals surface area contributed by atoms with Gasteiger partial charge >= 0.3 is 0 Å². The van der Waals surface area contributed by atoms with Crippen molar-refractivity contribution in [1.82, 2.24) is 4.98 Å². The van der Waals surface area contributed by atoms with Crippen molar-refractivity contribution < 1.29 is 14.3 Å². The van der Waals surface area contributed by atoms with Crippen LogP contribution in [0.5, 0.6) is 11.5 Å². The number of ether oxygens (including phenoxy) is 2. The smallest absolute Gasteiger partial charge is 0.231 e. The van der Waals surface area contributed by atoms with Crippen molar-refractivity contribution in [1.29, 1.82) is 0 Å². The fourth-order valence-electron chi connectivity index (χ4n) is 3.17. The van der Waals surface area contributed by atoms with Gasteiger partial charge in [0.15, 0.2) is 11.5 Å². The fourth-order valence-corrected chi connectivity index (χ4v) is 4.13. The molecule has 0 fully saturated rings. The number of thiazole rings is 1. The largest absolute Gasteiger partial charge is 0.454 e. The molecule has 28 heavy (non-hydrogen) atoms. The van der Waals surface area contributed by atoms with Crippen molar-refractivity contribution in [2.75, 3.05) is 12.1 Å². The van der Waals surface area contributed by atoms with Crippen molar-refractivity contribution in [3.8, 4) is 22.1 Å². The summed E-state index contributed by atoms with van der Waals surface area (Å²) in [5, 5.41) is 3.91. The van der Waals surface area contributed by atoms with Crippen molar-refractivity contribution in [3.63, 3.8) is 0 Å². The molecule has 0 saturated heterocycles. The Morgan fingerprint density at radius 3 is 2.82 bits per heavy atom. The SMILES string of the molecule is O=C(Cc1ccc2c(c1)OCO2)Nc1cccc(-c2nc3ccccc3s2)c1. The molecule has 0 unspecified atom stereocenters. The number of hydrogen-bond donors (Lipinski definition) is 1. The van der Waals surface area contributed by atoms with Crippen LogP contribution in [0.1, 0.15) is 5.56 Å². The molecule has 5 rings (SSSR count). The molecule has 0 bridgehead atoms. The zero-order valence-corrected chi connectivity index (χ0v) is 15.7. The molecule has 1 aliphatic heterocycles. The molecule has 3 aromatic carbocycles. The first kappa shape index (κ1) is 16.8. The van der Waals surface area contributed by atoms with E-state index in [0.29, 0.717) is 11.5 Å². The van der Waals surface area contributed by atoms with Crippen molar-refractivity contribution in [2.24, 2.45) is 0 Å². The maximum Gasteiger partial charge on any atom is 0.231 e. The van der Waals surface area contributed by atoms with Gasteiger partial charge in [0.05, 0.1) is 16.6 Å². The zero-order valence-electron chi connectivity index (χ0n) is 14.8. The number of benzene rings is 3. The summed E-state index contributed by atoms with van der Waals surface area (Å²) in [4.78, 5) is 17.2. The first-order chi connectivity index (χ1) is 13.7. The Morgan fingerprint density at radius 1 is 1.00 bits per heavy atom. The molecule has 138 valence electrons. The average Bonchev–Trinajstić information content (AvgIpc) is 3.34. The minimum atomic E-state index is -0.0830. The van der Waals surface area contributed by atoms with Crippen LogP contribution in [0.4, 0.5) is 5.69 Å². The molecule has 1 aliphatic rings. The second-order valence-corrected chi connectivity index (χ2v) is 7.51. The van der Waals surface area contributed by atoms with Crippen LogP contribution in [0.25, 0.3) is 20.8 Å². The van der Waals surface area contributed by atoms with Gasteiger partial charge in [0.2, 0.25) is 12.7 Å². The van der Waals surface area contributed by atoms with Crippen LogP contribution in [0.15, 0.2) is 66.7 Å². The summed E-state index contributed by atoms with van der Waals surface area (Å²) in [6, 6.07) is 21.4. The highest BCUT2D eigenvalue weighted by Gasteiger charge is 2.15. The minimum absolute atomic E-state index is 0.0830. The highest BCUT2D eigenvalue weighted by atomic mass is 32.1. The van der Waals surface area contributed by atoms with Gasteiger partial charge in [0.1, 0.15) is 5.01 Å². The zero-order chi connectivity index (χ0) is 18.9. The molecule has 0 aliphatic carbocycles. The topological polar surface area (TPSA) is 60.5 Å². The number of hydrogen-bond acceptors (Lipinski definition) is 5. The van der Waals surface area contributed by atoms with Crippen LogP contribution in [0.2, 0.25) is 0 Å². The van der Waals surface area contributed by atoms with E-state index in [4.69, 9.17) is 9.47 Å². The van der Waals surface area contributed by atoms with Crippen LogP contribution in [-0.2, 0) is 11.2 Å². The second-order valence-electron chi connectivity index (χ2n) is 6.48. The Morgan fingerprint density at radius 2 is 1.89 bits per heavy atom. The fraction of sp³-hybridized carbons (Fsp3) is 0.0909. The Labute approximate surface area is 165 Å². The molecule has 0 spiro atoms. The van der Waals surface area contributed by atoms with Gasteiger partial charge in [0, 0.05) is 11.3 Å². The molecule has 0 saturated carbocycles. The highest BCUT2D eigenvalue weighted by Crippen LogP contribution is 2.33.